The minimum Gasteiger partial charge on any atom is -0.396 e. The molecule has 0 saturated carbocycles. The van der Waals surface area contributed by atoms with E-state index in [1.807, 2.05) is 6.07 Å². The molecule has 2 N–H and O–H groups in total. The van der Waals surface area contributed by atoms with Gasteiger partial charge in [0.25, 0.3) is 0 Å². The number of aliphatic hydroxyl groups excluding tert-OH is 1. The van der Waals surface area contributed by atoms with E-state index in [1.165, 1.54) is 5.56 Å². The largest absolute Gasteiger partial charge is 0.396 e. The van der Waals surface area contributed by atoms with Gasteiger partial charge in [-0.2, -0.15) is 0 Å². The van der Waals surface area contributed by atoms with Crippen LogP contribution in [-0.2, 0) is 22.9 Å². The van der Waals surface area contributed by atoms with E-state index in [-0.39, 0.29) is 12.6 Å². The maximum atomic E-state index is 12.1. The van der Waals surface area contributed by atoms with Gasteiger partial charge in [-0.15, -0.1) is 0 Å². The Labute approximate surface area is 108 Å². The highest BCUT2D eigenvalue weighted by molar-refractivity contribution is 7.89. The lowest BCUT2D eigenvalue weighted by Gasteiger charge is -2.13. The zero-order valence-corrected chi connectivity index (χ0v) is 11.3. The molecular formula is C13H19NO3S. The molecular weight excluding hydrogens is 250 g/mol. The number of sulfonamides is 1. The van der Waals surface area contributed by atoms with Crippen molar-refractivity contribution in [3.05, 3.63) is 29.3 Å². The highest BCUT2D eigenvalue weighted by Crippen LogP contribution is 2.24. The topological polar surface area (TPSA) is 66.4 Å². The van der Waals surface area contributed by atoms with E-state index in [9.17, 15) is 8.42 Å². The third-order valence-corrected chi connectivity index (χ3v) is 4.89. The standard InChI is InChI=1S/C13H19NO3S/c1-10(7-8-15)14-18(16,17)13-6-5-11-3-2-4-12(11)9-13/h5-6,9-10,14-15H,2-4,7-8H2,1H3. The van der Waals surface area contributed by atoms with Crippen molar-refractivity contribution in [3.63, 3.8) is 0 Å². The third kappa shape index (κ3) is 2.91. The van der Waals surface area contributed by atoms with Gasteiger partial charge in [-0.1, -0.05) is 6.07 Å². The summed E-state index contributed by atoms with van der Waals surface area (Å²) in [7, 11) is -3.46. The van der Waals surface area contributed by atoms with Gasteiger partial charge in [-0.3, -0.25) is 0 Å². The van der Waals surface area contributed by atoms with E-state index < -0.39 is 10.0 Å². The molecule has 2 rings (SSSR count). The van der Waals surface area contributed by atoms with Crippen molar-refractivity contribution < 1.29 is 13.5 Å². The summed E-state index contributed by atoms with van der Waals surface area (Å²) in [6, 6.07) is 5.09. The smallest absolute Gasteiger partial charge is 0.240 e. The van der Waals surface area contributed by atoms with Gasteiger partial charge in [0.15, 0.2) is 0 Å². The maximum Gasteiger partial charge on any atom is 0.240 e. The fraction of sp³-hybridized carbons (Fsp3) is 0.538. The van der Waals surface area contributed by atoms with Crippen molar-refractivity contribution in [2.75, 3.05) is 6.61 Å². The fourth-order valence-electron chi connectivity index (χ4n) is 2.30. The molecule has 5 heteroatoms. The van der Waals surface area contributed by atoms with Crippen LogP contribution in [0.3, 0.4) is 0 Å². The van der Waals surface area contributed by atoms with Gasteiger partial charge in [0.2, 0.25) is 10.0 Å². The molecule has 0 radical (unpaired) electrons. The number of hydrogen-bond acceptors (Lipinski definition) is 3. The molecule has 0 heterocycles. The summed E-state index contributed by atoms with van der Waals surface area (Å²) in [5.74, 6) is 0. The second-order valence-corrected chi connectivity index (χ2v) is 6.53. The molecule has 1 aromatic rings. The molecule has 4 nitrogen and oxygen atoms in total. The third-order valence-electron chi connectivity index (χ3n) is 3.30. The van der Waals surface area contributed by atoms with Gasteiger partial charge in [0.05, 0.1) is 4.90 Å². The zero-order chi connectivity index (χ0) is 13.2. The van der Waals surface area contributed by atoms with Crippen molar-refractivity contribution in [2.45, 2.75) is 43.5 Å². The van der Waals surface area contributed by atoms with Crippen LogP contribution in [0.15, 0.2) is 23.1 Å². The van der Waals surface area contributed by atoms with E-state index in [1.54, 1.807) is 19.1 Å². The number of benzene rings is 1. The molecule has 0 saturated heterocycles. The van der Waals surface area contributed by atoms with Crippen LogP contribution in [0.25, 0.3) is 0 Å². The summed E-state index contributed by atoms with van der Waals surface area (Å²) in [4.78, 5) is 0.327. The monoisotopic (exact) mass is 269 g/mol. The van der Waals surface area contributed by atoms with Crippen LogP contribution in [0.1, 0.15) is 30.9 Å². The first kappa shape index (κ1) is 13.5. The highest BCUT2D eigenvalue weighted by atomic mass is 32.2. The van der Waals surface area contributed by atoms with Crippen LogP contribution >= 0.6 is 0 Å². The van der Waals surface area contributed by atoms with E-state index in [2.05, 4.69) is 4.72 Å². The first-order chi connectivity index (χ1) is 8.53. The lowest BCUT2D eigenvalue weighted by Crippen LogP contribution is -2.33. The van der Waals surface area contributed by atoms with Crippen molar-refractivity contribution >= 4 is 10.0 Å². The first-order valence-electron chi connectivity index (χ1n) is 6.28. The van der Waals surface area contributed by atoms with Crippen molar-refractivity contribution in [3.8, 4) is 0 Å². The Morgan fingerprint density at radius 3 is 2.78 bits per heavy atom. The summed E-state index contributed by atoms with van der Waals surface area (Å²) >= 11 is 0. The lowest BCUT2D eigenvalue weighted by atomic mass is 10.1. The van der Waals surface area contributed by atoms with Gasteiger partial charge in [0, 0.05) is 12.6 Å². The Balaban J connectivity index is 2.19. The number of rotatable bonds is 5. The number of nitrogens with one attached hydrogen (secondary N) is 1. The molecule has 0 spiro atoms. The van der Waals surface area contributed by atoms with Gasteiger partial charge < -0.3 is 5.11 Å². The van der Waals surface area contributed by atoms with Crippen LogP contribution < -0.4 is 4.72 Å². The van der Waals surface area contributed by atoms with Gasteiger partial charge in [-0.25, -0.2) is 13.1 Å². The molecule has 0 aliphatic heterocycles. The normalized spacial score (nSPS) is 16.6. The molecule has 1 aromatic carbocycles. The van der Waals surface area contributed by atoms with E-state index in [0.29, 0.717) is 11.3 Å². The summed E-state index contributed by atoms with van der Waals surface area (Å²) in [5.41, 5.74) is 2.41. The number of aryl methyl sites for hydroxylation is 2. The molecule has 1 aliphatic carbocycles. The summed E-state index contributed by atoms with van der Waals surface area (Å²) in [6.45, 7) is 1.73. The fourth-order valence-corrected chi connectivity index (χ4v) is 3.63. The van der Waals surface area contributed by atoms with Crippen molar-refractivity contribution in [2.24, 2.45) is 0 Å². The molecule has 0 fully saturated rings. The van der Waals surface area contributed by atoms with Gasteiger partial charge in [-0.05, 0) is 55.9 Å². The molecule has 1 aliphatic rings. The Bertz CT molecular complexity index is 525. The summed E-state index contributed by atoms with van der Waals surface area (Å²) in [6.07, 6.45) is 3.53. The molecule has 0 aromatic heterocycles. The lowest BCUT2D eigenvalue weighted by molar-refractivity contribution is 0.275. The minimum atomic E-state index is -3.46. The predicted octanol–water partition coefficient (Wildman–Crippen LogP) is 1.22. The van der Waals surface area contributed by atoms with Crippen molar-refractivity contribution in [1.29, 1.82) is 0 Å². The van der Waals surface area contributed by atoms with E-state index in [0.717, 1.165) is 24.8 Å². The van der Waals surface area contributed by atoms with Crippen LogP contribution in [0, 0.1) is 0 Å². The molecule has 0 bridgehead atoms. The number of aliphatic hydroxyl groups is 1. The van der Waals surface area contributed by atoms with Crippen LogP contribution in [0.5, 0.6) is 0 Å². The Kier molecular flexibility index (Phi) is 4.04. The SMILES string of the molecule is CC(CCO)NS(=O)(=O)c1ccc2c(c1)CCC2. The average molecular weight is 269 g/mol. The predicted molar refractivity (Wildman–Crippen MR) is 70.0 cm³/mol. The molecule has 18 heavy (non-hydrogen) atoms. The van der Waals surface area contributed by atoms with Crippen LogP contribution in [0.4, 0.5) is 0 Å². The zero-order valence-electron chi connectivity index (χ0n) is 10.5. The average Bonchev–Trinajstić information content (AvgIpc) is 2.75. The second kappa shape index (κ2) is 5.38. The number of hydrogen-bond donors (Lipinski definition) is 2. The Morgan fingerprint density at radius 2 is 2.06 bits per heavy atom. The number of fused-ring (bicyclic) bond motifs is 1. The van der Waals surface area contributed by atoms with E-state index in [4.69, 9.17) is 5.11 Å². The maximum absolute atomic E-state index is 12.1. The Morgan fingerprint density at radius 1 is 1.33 bits per heavy atom. The van der Waals surface area contributed by atoms with Crippen molar-refractivity contribution in [1.82, 2.24) is 4.72 Å². The van der Waals surface area contributed by atoms with Crippen LogP contribution in [0.2, 0.25) is 0 Å². The van der Waals surface area contributed by atoms with Gasteiger partial charge in [0.1, 0.15) is 0 Å². The quantitative estimate of drug-likeness (QED) is 0.844. The highest BCUT2D eigenvalue weighted by Gasteiger charge is 2.20. The Hall–Kier alpha value is -0.910. The minimum absolute atomic E-state index is 0.0200. The molecule has 1 atom stereocenters. The second-order valence-electron chi connectivity index (χ2n) is 4.82. The molecule has 1 unspecified atom stereocenters. The van der Waals surface area contributed by atoms with Gasteiger partial charge >= 0.3 is 0 Å². The molecule has 0 amide bonds. The summed E-state index contributed by atoms with van der Waals surface area (Å²) < 4.78 is 26.8. The summed E-state index contributed by atoms with van der Waals surface area (Å²) in [5, 5.41) is 8.80. The first-order valence-corrected chi connectivity index (χ1v) is 7.76. The van der Waals surface area contributed by atoms with E-state index >= 15 is 0 Å². The van der Waals surface area contributed by atoms with Crippen LogP contribution in [-0.4, -0.2) is 26.2 Å². The molecule has 100 valence electrons.